The minimum absolute atomic E-state index is 0.114. The van der Waals surface area contributed by atoms with Gasteiger partial charge in [-0.2, -0.15) is 0 Å². The molecule has 2 saturated heterocycles. The predicted molar refractivity (Wildman–Crippen MR) is 79.5 cm³/mol. The maximum absolute atomic E-state index is 10.9. The molecule has 1 aromatic carbocycles. The van der Waals surface area contributed by atoms with Crippen LogP contribution in [0.25, 0.3) is 0 Å². The molecular formula is C14H18ClN3O2. The topological polar surface area (TPSA) is 49.6 Å². The fourth-order valence-corrected chi connectivity index (χ4v) is 3.49. The molecule has 0 N–H and O–H groups in total. The van der Waals surface area contributed by atoms with E-state index < -0.39 is 0 Å². The van der Waals surface area contributed by atoms with Gasteiger partial charge in [-0.15, -0.1) is 11.6 Å². The highest BCUT2D eigenvalue weighted by molar-refractivity contribution is 6.17. The minimum atomic E-state index is -0.365. The molecule has 0 radical (unpaired) electrons. The number of fused-ring (bicyclic) bond motifs is 1. The van der Waals surface area contributed by atoms with Crippen LogP contribution in [-0.2, 0) is 5.88 Å². The summed E-state index contributed by atoms with van der Waals surface area (Å²) in [6.07, 6.45) is 2.54. The summed E-state index contributed by atoms with van der Waals surface area (Å²) < 4.78 is 0. The van der Waals surface area contributed by atoms with Crippen molar-refractivity contribution in [2.45, 2.75) is 24.8 Å². The van der Waals surface area contributed by atoms with Crippen LogP contribution in [0.2, 0.25) is 0 Å². The van der Waals surface area contributed by atoms with Crippen molar-refractivity contribution in [1.82, 2.24) is 4.90 Å². The fourth-order valence-electron chi connectivity index (χ4n) is 3.28. The maximum atomic E-state index is 10.9. The molecule has 20 heavy (non-hydrogen) atoms. The van der Waals surface area contributed by atoms with Gasteiger partial charge in [0.2, 0.25) is 0 Å². The second kappa shape index (κ2) is 5.58. The molecule has 2 fully saturated rings. The third-order valence-corrected chi connectivity index (χ3v) is 4.64. The lowest BCUT2D eigenvalue weighted by atomic mass is 10.1. The second-order valence-corrected chi connectivity index (χ2v) is 5.75. The Bertz CT molecular complexity index is 523. The highest BCUT2D eigenvalue weighted by Gasteiger charge is 2.30. The van der Waals surface area contributed by atoms with Crippen LogP contribution in [0.15, 0.2) is 18.2 Å². The number of nitro benzene ring substituents is 1. The number of nitrogens with zero attached hydrogens (tertiary/aromatic N) is 3. The lowest BCUT2D eigenvalue weighted by Crippen LogP contribution is -2.50. The van der Waals surface area contributed by atoms with E-state index in [1.165, 1.54) is 19.4 Å². The van der Waals surface area contributed by atoms with E-state index in [0.29, 0.717) is 11.6 Å². The van der Waals surface area contributed by atoms with E-state index >= 15 is 0 Å². The van der Waals surface area contributed by atoms with Gasteiger partial charge >= 0.3 is 0 Å². The molecule has 2 aliphatic heterocycles. The van der Waals surface area contributed by atoms with Crippen molar-refractivity contribution in [1.29, 1.82) is 0 Å². The molecular weight excluding hydrogens is 278 g/mol. The molecule has 0 aliphatic carbocycles. The molecule has 2 heterocycles. The van der Waals surface area contributed by atoms with Crippen LogP contribution < -0.4 is 4.90 Å². The average Bonchev–Trinajstić information content (AvgIpc) is 2.93. The summed E-state index contributed by atoms with van der Waals surface area (Å²) in [4.78, 5) is 15.5. The first-order chi connectivity index (χ1) is 9.69. The van der Waals surface area contributed by atoms with Crippen LogP contribution in [0.4, 0.5) is 11.4 Å². The standard InChI is InChI=1S/C14H18ClN3O2/c15-9-11-8-12(3-4-14(11)18(19)20)17-7-6-16-5-1-2-13(16)10-17/h3-4,8,13H,1-2,5-7,9-10H2. The van der Waals surface area contributed by atoms with E-state index in [1.807, 2.05) is 12.1 Å². The average molecular weight is 296 g/mol. The van der Waals surface area contributed by atoms with Crippen molar-refractivity contribution in [2.24, 2.45) is 0 Å². The second-order valence-electron chi connectivity index (χ2n) is 5.48. The van der Waals surface area contributed by atoms with Gasteiger partial charge in [0.25, 0.3) is 5.69 Å². The summed E-state index contributed by atoms with van der Waals surface area (Å²) in [6, 6.07) is 5.93. The van der Waals surface area contributed by atoms with Crippen LogP contribution in [0.3, 0.4) is 0 Å². The van der Waals surface area contributed by atoms with Crippen LogP contribution in [0.5, 0.6) is 0 Å². The lowest BCUT2D eigenvalue weighted by molar-refractivity contribution is -0.385. The summed E-state index contributed by atoms with van der Waals surface area (Å²) in [7, 11) is 0. The number of anilines is 1. The van der Waals surface area contributed by atoms with Gasteiger partial charge in [-0.25, -0.2) is 0 Å². The van der Waals surface area contributed by atoms with E-state index in [1.54, 1.807) is 6.07 Å². The number of halogens is 1. The molecule has 1 unspecified atom stereocenters. The fraction of sp³-hybridized carbons (Fsp3) is 0.571. The molecule has 108 valence electrons. The van der Waals surface area contributed by atoms with Crippen LogP contribution in [0.1, 0.15) is 18.4 Å². The minimum Gasteiger partial charge on any atom is -0.369 e. The van der Waals surface area contributed by atoms with Gasteiger partial charge in [-0.3, -0.25) is 15.0 Å². The summed E-state index contributed by atoms with van der Waals surface area (Å²) in [5.74, 6) is 0.174. The van der Waals surface area contributed by atoms with Gasteiger partial charge in [0.05, 0.1) is 10.8 Å². The molecule has 0 aromatic heterocycles. The van der Waals surface area contributed by atoms with Crippen LogP contribution >= 0.6 is 11.6 Å². The van der Waals surface area contributed by atoms with Crippen molar-refractivity contribution >= 4 is 23.0 Å². The zero-order valence-electron chi connectivity index (χ0n) is 11.3. The zero-order chi connectivity index (χ0) is 14.1. The number of alkyl halides is 1. The largest absolute Gasteiger partial charge is 0.369 e. The van der Waals surface area contributed by atoms with Gasteiger partial charge in [0.1, 0.15) is 0 Å². The molecule has 3 rings (SSSR count). The first kappa shape index (κ1) is 13.6. The van der Waals surface area contributed by atoms with E-state index in [0.717, 1.165) is 25.3 Å². The Balaban J connectivity index is 1.81. The molecule has 0 bridgehead atoms. The molecule has 2 aliphatic rings. The Hall–Kier alpha value is -1.33. The van der Waals surface area contributed by atoms with Crippen LogP contribution in [-0.4, -0.2) is 42.0 Å². The number of hydrogen-bond acceptors (Lipinski definition) is 4. The first-order valence-electron chi connectivity index (χ1n) is 7.01. The first-order valence-corrected chi connectivity index (χ1v) is 7.55. The molecule has 0 saturated carbocycles. The van der Waals surface area contributed by atoms with Crippen molar-refractivity contribution in [3.63, 3.8) is 0 Å². The molecule has 0 amide bonds. The summed E-state index contributed by atoms with van der Waals surface area (Å²) in [5.41, 5.74) is 1.77. The molecule has 5 nitrogen and oxygen atoms in total. The Morgan fingerprint density at radius 1 is 1.35 bits per heavy atom. The SMILES string of the molecule is O=[N+]([O-])c1ccc(N2CCN3CCCC3C2)cc1CCl. The van der Waals surface area contributed by atoms with E-state index in [4.69, 9.17) is 11.6 Å². The van der Waals surface area contributed by atoms with E-state index in [9.17, 15) is 10.1 Å². The van der Waals surface area contributed by atoms with Gasteiger partial charge < -0.3 is 4.90 Å². The predicted octanol–water partition coefficient (Wildman–Crippen LogP) is 2.62. The lowest BCUT2D eigenvalue weighted by Gasteiger charge is -2.38. The Kier molecular flexibility index (Phi) is 3.81. The van der Waals surface area contributed by atoms with Gasteiger partial charge in [-0.05, 0) is 31.5 Å². The molecule has 6 heteroatoms. The van der Waals surface area contributed by atoms with Gasteiger partial charge in [0.15, 0.2) is 0 Å². The van der Waals surface area contributed by atoms with Crippen molar-refractivity contribution in [3.8, 4) is 0 Å². The molecule has 1 atom stereocenters. The Morgan fingerprint density at radius 2 is 2.20 bits per heavy atom. The smallest absolute Gasteiger partial charge is 0.273 e. The highest BCUT2D eigenvalue weighted by atomic mass is 35.5. The van der Waals surface area contributed by atoms with Gasteiger partial charge in [-0.1, -0.05) is 0 Å². The van der Waals surface area contributed by atoms with Crippen molar-refractivity contribution in [2.75, 3.05) is 31.1 Å². The van der Waals surface area contributed by atoms with E-state index in [2.05, 4.69) is 9.80 Å². The number of benzene rings is 1. The monoisotopic (exact) mass is 295 g/mol. The number of nitro groups is 1. The quantitative estimate of drug-likeness (QED) is 0.489. The van der Waals surface area contributed by atoms with Crippen molar-refractivity contribution in [3.05, 3.63) is 33.9 Å². The summed E-state index contributed by atoms with van der Waals surface area (Å²) >= 11 is 5.84. The molecule has 0 spiro atoms. The third kappa shape index (κ3) is 2.47. The Morgan fingerprint density at radius 3 is 2.95 bits per heavy atom. The highest BCUT2D eigenvalue weighted by Crippen LogP contribution is 2.29. The summed E-state index contributed by atoms with van der Waals surface area (Å²) in [6.45, 7) is 4.29. The number of hydrogen-bond donors (Lipinski definition) is 0. The summed E-state index contributed by atoms with van der Waals surface area (Å²) in [5, 5.41) is 10.9. The molecule has 1 aromatic rings. The van der Waals surface area contributed by atoms with E-state index in [-0.39, 0.29) is 16.5 Å². The maximum Gasteiger partial charge on any atom is 0.273 e. The zero-order valence-corrected chi connectivity index (χ0v) is 12.1. The number of piperazine rings is 1. The van der Waals surface area contributed by atoms with Gasteiger partial charge in [0, 0.05) is 43.0 Å². The van der Waals surface area contributed by atoms with Crippen LogP contribution in [0, 0.1) is 10.1 Å². The number of rotatable bonds is 3. The van der Waals surface area contributed by atoms with Crippen molar-refractivity contribution < 1.29 is 4.92 Å². The Labute approximate surface area is 123 Å². The normalized spacial score (nSPS) is 22.9. The third-order valence-electron chi connectivity index (χ3n) is 4.36.